The van der Waals surface area contributed by atoms with Crippen LogP contribution in [0.15, 0.2) is 30.5 Å². The van der Waals surface area contributed by atoms with Gasteiger partial charge in [0, 0.05) is 36.7 Å². The normalized spacial score (nSPS) is 19.9. The van der Waals surface area contributed by atoms with Crippen molar-refractivity contribution < 1.29 is 18.6 Å². The minimum absolute atomic E-state index is 0.0284. The molecule has 4 aromatic rings. The number of pyridine rings is 1. The van der Waals surface area contributed by atoms with Crippen LogP contribution in [0.2, 0.25) is 0 Å². The molecule has 38 heavy (non-hydrogen) atoms. The van der Waals surface area contributed by atoms with Crippen LogP contribution in [0.25, 0.3) is 32.9 Å². The highest BCUT2D eigenvalue weighted by molar-refractivity contribution is 6.01. The highest BCUT2D eigenvalue weighted by Crippen LogP contribution is 2.41. The predicted molar refractivity (Wildman–Crippen MR) is 145 cm³/mol. The lowest BCUT2D eigenvalue weighted by Gasteiger charge is -2.49. The fraction of sp³-hybridized carbons (Fsp3) is 0.433. The summed E-state index contributed by atoms with van der Waals surface area (Å²) >= 11 is 0. The van der Waals surface area contributed by atoms with Crippen molar-refractivity contribution in [1.82, 2.24) is 15.0 Å². The first-order valence-corrected chi connectivity index (χ1v) is 13.3. The van der Waals surface area contributed by atoms with E-state index in [0.717, 1.165) is 32.4 Å². The molecular formula is C30H32F2N4O2. The number of hydrogen-bond donors (Lipinski definition) is 1. The molecule has 0 amide bonds. The number of anilines is 1. The number of aromatic hydroxyl groups is 1. The lowest BCUT2D eigenvalue weighted by Crippen LogP contribution is -2.56. The van der Waals surface area contributed by atoms with Crippen molar-refractivity contribution in [2.24, 2.45) is 0 Å². The van der Waals surface area contributed by atoms with Crippen molar-refractivity contribution >= 4 is 27.5 Å². The Morgan fingerprint density at radius 1 is 1.13 bits per heavy atom. The summed E-state index contributed by atoms with van der Waals surface area (Å²) < 4.78 is 37.3. The van der Waals surface area contributed by atoms with Crippen LogP contribution in [0.3, 0.4) is 0 Å². The van der Waals surface area contributed by atoms with Gasteiger partial charge in [0.25, 0.3) is 0 Å². The maximum Gasteiger partial charge on any atom is 0.175 e. The molecular weight excluding hydrogens is 486 g/mol. The summed E-state index contributed by atoms with van der Waals surface area (Å²) in [5.74, 6) is 0.173. The number of hydrogen-bond acceptors (Lipinski definition) is 6. The largest absolute Gasteiger partial charge is 0.508 e. The predicted octanol–water partition coefficient (Wildman–Crippen LogP) is 6.45. The Hall–Kier alpha value is -3.39. The van der Waals surface area contributed by atoms with E-state index < -0.39 is 11.2 Å². The first-order chi connectivity index (χ1) is 18.1. The molecule has 2 aliphatic heterocycles. The van der Waals surface area contributed by atoms with E-state index in [4.69, 9.17) is 14.7 Å². The zero-order valence-corrected chi connectivity index (χ0v) is 22.2. The molecule has 8 heteroatoms. The van der Waals surface area contributed by atoms with Crippen LogP contribution in [0.5, 0.6) is 5.75 Å². The highest BCUT2D eigenvalue weighted by Gasteiger charge is 2.43. The third-order valence-electron chi connectivity index (χ3n) is 7.90. The fourth-order valence-electron chi connectivity index (χ4n) is 5.83. The van der Waals surface area contributed by atoms with Gasteiger partial charge in [-0.05, 0) is 53.8 Å². The lowest BCUT2D eigenvalue weighted by atomic mass is 9.85. The van der Waals surface area contributed by atoms with E-state index in [1.165, 1.54) is 12.1 Å². The summed E-state index contributed by atoms with van der Waals surface area (Å²) in [6, 6.07) is 5.98. The van der Waals surface area contributed by atoms with E-state index in [2.05, 4.69) is 9.88 Å². The summed E-state index contributed by atoms with van der Waals surface area (Å²) in [4.78, 5) is 16.4. The molecule has 2 fully saturated rings. The highest BCUT2D eigenvalue weighted by atomic mass is 19.1. The third-order valence-corrected chi connectivity index (χ3v) is 7.90. The molecule has 0 bridgehead atoms. The smallest absolute Gasteiger partial charge is 0.175 e. The molecule has 198 valence electrons. The maximum atomic E-state index is 16.5. The summed E-state index contributed by atoms with van der Waals surface area (Å²) in [5.41, 5.74) is 0.412. The second kappa shape index (κ2) is 8.83. The lowest BCUT2D eigenvalue weighted by molar-refractivity contribution is -0.151. The zero-order valence-electron chi connectivity index (χ0n) is 22.2. The van der Waals surface area contributed by atoms with Crippen LogP contribution < -0.4 is 4.90 Å². The molecule has 6 nitrogen and oxygen atoms in total. The van der Waals surface area contributed by atoms with Gasteiger partial charge in [0.1, 0.15) is 34.4 Å². The molecule has 6 rings (SSSR count). The molecule has 0 unspecified atom stereocenters. The first-order valence-electron chi connectivity index (χ1n) is 13.3. The molecule has 0 aliphatic carbocycles. The minimum atomic E-state index is -0.610. The number of rotatable bonds is 3. The number of halogens is 2. The second-order valence-electron chi connectivity index (χ2n) is 11.6. The summed E-state index contributed by atoms with van der Waals surface area (Å²) in [6.45, 7) is 10.1. The van der Waals surface area contributed by atoms with E-state index in [1.54, 1.807) is 18.3 Å². The summed E-state index contributed by atoms with van der Waals surface area (Å²) in [7, 11) is 0. The number of nitrogens with zero attached hydrogens (tertiary/aromatic N) is 4. The minimum Gasteiger partial charge on any atom is -0.508 e. The standard InChI is InChI=1S/C30H32F2N4O2/c1-5-19-22(31)8-7-17-13-18(37)14-20(23(17)19)25-24(32)26-21(15-33-25)27(35-28(34-26)29(2,3)4)36-11-6-9-30(16-36)10-12-38-30/h7-8,13-15,37H,5-6,9-12,16H2,1-4H3/t30-/m1/s1. The van der Waals surface area contributed by atoms with Crippen molar-refractivity contribution in [2.75, 3.05) is 24.6 Å². The van der Waals surface area contributed by atoms with Crippen molar-refractivity contribution in [3.8, 4) is 17.0 Å². The zero-order chi connectivity index (χ0) is 26.8. The topological polar surface area (TPSA) is 71.4 Å². The van der Waals surface area contributed by atoms with Gasteiger partial charge < -0.3 is 14.7 Å². The van der Waals surface area contributed by atoms with Gasteiger partial charge in [-0.25, -0.2) is 18.7 Å². The average Bonchev–Trinajstić information content (AvgIpc) is 2.87. The molecule has 1 N–H and O–H groups in total. The van der Waals surface area contributed by atoms with Crippen molar-refractivity contribution in [1.29, 1.82) is 0 Å². The fourth-order valence-corrected chi connectivity index (χ4v) is 5.83. The van der Waals surface area contributed by atoms with Gasteiger partial charge in [-0.15, -0.1) is 0 Å². The van der Waals surface area contributed by atoms with Crippen molar-refractivity contribution in [2.45, 2.75) is 64.4 Å². The van der Waals surface area contributed by atoms with E-state index in [-0.39, 0.29) is 28.4 Å². The molecule has 2 saturated heterocycles. The molecule has 0 radical (unpaired) electrons. The van der Waals surface area contributed by atoms with E-state index in [1.807, 2.05) is 27.7 Å². The molecule has 2 aliphatic rings. The second-order valence-corrected chi connectivity index (χ2v) is 11.6. The Balaban J connectivity index is 1.60. The monoisotopic (exact) mass is 518 g/mol. The summed E-state index contributed by atoms with van der Waals surface area (Å²) in [5, 5.41) is 12.2. The summed E-state index contributed by atoms with van der Waals surface area (Å²) in [6.07, 6.45) is 5.01. The van der Waals surface area contributed by atoms with Gasteiger partial charge >= 0.3 is 0 Å². The SMILES string of the molecule is CCc1c(F)ccc2cc(O)cc(-c3ncc4c(N5CCC[C@@]6(CCO6)C5)nc(C(C)(C)C)nc4c3F)c12. The Kier molecular flexibility index (Phi) is 5.79. The number of ether oxygens (including phenoxy) is 1. The molecule has 2 aromatic carbocycles. The maximum absolute atomic E-state index is 16.5. The van der Waals surface area contributed by atoms with Crippen LogP contribution in [0.4, 0.5) is 14.6 Å². The Bertz CT molecular complexity index is 1580. The van der Waals surface area contributed by atoms with Crippen molar-refractivity contribution in [3.63, 3.8) is 0 Å². The number of piperidine rings is 1. The van der Waals surface area contributed by atoms with Gasteiger partial charge in [-0.1, -0.05) is 33.8 Å². The number of phenols is 1. The van der Waals surface area contributed by atoms with Crippen molar-refractivity contribution in [3.05, 3.63) is 53.5 Å². The third kappa shape index (κ3) is 3.97. The molecule has 1 spiro atoms. The number of phenolic OH excluding ortho intramolecular Hbond substituents is 1. The van der Waals surface area contributed by atoms with Crippen LogP contribution in [-0.2, 0) is 16.6 Å². The number of benzene rings is 2. The van der Waals surface area contributed by atoms with Crippen LogP contribution in [0, 0.1) is 11.6 Å². The molecule has 1 atom stereocenters. The van der Waals surface area contributed by atoms with Gasteiger partial charge in [-0.3, -0.25) is 4.98 Å². The van der Waals surface area contributed by atoms with E-state index in [0.29, 0.717) is 51.9 Å². The molecule has 4 heterocycles. The van der Waals surface area contributed by atoms with E-state index in [9.17, 15) is 9.50 Å². The van der Waals surface area contributed by atoms with Gasteiger partial charge in [0.05, 0.1) is 17.6 Å². The van der Waals surface area contributed by atoms with Crippen LogP contribution in [-0.4, -0.2) is 45.4 Å². The quantitative estimate of drug-likeness (QED) is 0.336. The van der Waals surface area contributed by atoms with E-state index >= 15 is 4.39 Å². The Morgan fingerprint density at radius 2 is 1.92 bits per heavy atom. The Labute approximate surface area is 220 Å². The van der Waals surface area contributed by atoms with Gasteiger partial charge in [-0.2, -0.15) is 0 Å². The number of fused-ring (bicyclic) bond motifs is 2. The van der Waals surface area contributed by atoms with Crippen LogP contribution in [0.1, 0.15) is 58.3 Å². The van der Waals surface area contributed by atoms with Gasteiger partial charge in [0.15, 0.2) is 5.82 Å². The average molecular weight is 519 g/mol. The van der Waals surface area contributed by atoms with Crippen LogP contribution >= 0.6 is 0 Å². The number of aromatic nitrogens is 3. The first kappa shape index (κ1) is 24.9. The number of aryl methyl sites for hydroxylation is 1. The Morgan fingerprint density at radius 3 is 2.61 bits per heavy atom. The molecule has 2 aromatic heterocycles. The van der Waals surface area contributed by atoms with Gasteiger partial charge in [0.2, 0.25) is 0 Å². The molecule has 0 saturated carbocycles.